The van der Waals surface area contributed by atoms with Crippen molar-refractivity contribution in [2.45, 2.75) is 6.54 Å². The average Bonchev–Trinajstić information content (AvgIpc) is 2.46. The van der Waals surface area contributed by atoms with Gasteiger partial charge in [0.25, 0.3) is 0 Å². The number of hydrogen-bond acceptors (Lipinski definition) is 3. The van der Waals surface area contributed by atoms with Crippen molar-refractivity contribution in [2.75, 3.05) is 16.8 Å². The number of amides is 1. The summed E-state index contributed by atoms with van der Waals surface area (Å²) in [6.07, 6.45) is 0. The van der Waals surface area contributed by atoms with Gasteiger partial charge in [-0.1, -0.05) is 35.9 Å². The molecule has 0 radical (unpaired) electrons. The van der Waals surface area contributed by atoms with E-state index in [4.69, 9.17) is 17.3 Å². The van der Waals surface area contributed by atoms with Crippen LogP contribution in [0.25, 0.3) is 0 Å². The van der Waals surface area contributed by atoms with E-state index in [2.05, 4.69) is 5.32 Å². The van der Waals surface area contributed by atoms with Gasteiger partial charge in [-0.2, -0.15) is 0 Å². The molecule has 0 saturated heterocycles. The summed E-state index contributed by atoms with van der Waals surface area (Å²) in [4.78, 5) is 13.8. The maximum absolute atomic E-state index is 11.9. The van der Waals surface area contributed by atoms with E-state index in [1.54, 1.807) is 0 Å². The summed E-state index contributed by atoms with van der Waals surface area (Å²) in [6, 6.07) is 13.3. The molecule has 0 fully saturated rings. The predicted molar refractivity (Wildman–Crippen MR) is 81.4 cm³/mol. The Hall–Kier alpha value is -2.04. The zero-order valence-electron chi connectivity index (χ0n) is 10.8. The molecule has 0 spiro atoms. The fourth-order valence-corrected chi connectivity index (χ4v) is 2.76. The Kier molecular flexibility index (Phi) is 3.34. The number of anilines is 3. The van der Waals surface area contributed by atoms with Gasteiger partial charge in [-0.05, 0) is 23.8 Å². The van der Waals surface area contributed by atoms with Crippen molar-refractivity contribution in [2.24, 2.45) is 5.73 Å². The highest BCUT2D eigenvalue weighted by Crippen LogP contribution is 2.39. The zero-order valence-corrected chi connectivity index (χ0v) is 11.5. The van der Waals surface area contributed by atoms with Crippen LogP contribution in [0.5, 0.6) is 0 Å². The minimum absolute atomic E-state index is 0.0633. The lowest BCUT2D eigenvalue weighted by Crippen LogP contribution is -2.35. The minimum atomic E-state index is -0.0633. The molecule has 0 saturated carbocycles. The van der Waals surface area contributed by atoms with Gasteiger partial charge in [0.1, 0.15) is 6.54 Å². The molecule has 0 bridgehead atoms. The van der Waals surface area contributed by atoms with Crippen LogP contribution in [-0.2, 0) is 11.3 Å². The molecule has 1 aliphatic rings. The highest BCUT2D eigenvalue weighted by atomic mass is 35.5. The van der Waals surface area contributed by atoms with Crippen molar-refractivity contribution in [3.63, 3.8) is 0 Å². The van der Waals surface area contributed by atoms with Crippen LogP contribution in [0.3, 0.4) is 0 Å². The molecule has 1 aliphatic heterocycles. The van der Waals surface area contributed by atoms with E-state index >= 15 is 0 Å². The summed E-state index contributed by atoms with van der Waals surface area (Å²) in [5, 5.41) is 3.46. The van der Waals surface area contributed by atoms with Crippen molar-refractivity contribution >= 4 is 34.6 Å². The van der Waals surface area contributed by atoms with Gasteiger partial charge in [0, 0.05) is 6.54 Å². The third kappa shape index (κ3) is 2.13. The van der Waals surface area contributed by atoms with Crippen LogP contribution in [-0.4, -0.2) is 12.5 Å². The number of rotatable bonds is 2. The van der Waals surface area contributed by atoms with Gasteiger partial charge in [0.15, 0.2) is 0 Å². The number of halogens is 1. The van der Waals surface area contributed by atoms with Crippen LogP contribution in [0.1, 0.15) is 5.56 Å². The first-order valence-electron chi connectivity index (χ1n) is 6.34. The van der Waals surface area contributed by atoms with E-state index in [0.717, 1.165) is 22.6 Å². The van der Waals surface area contributed by atoms with Crippen LogP contribution in [0.2, 0.25) is 5.02 Å². The third-order valence-electron chi connectivity index (χ3n) is 3.33. The Balaban J connectivity index is 2.18. The zero-order chi connectivity index (χ0) is 14.1. The monoisotopic (exact) mass is 287 g/mol. The number of nitrogens with two attached hydrogens (primary N) is 1. The molecule has 2 aromatic rings. The van der Waals surface area contributed by atoms with Gasteiger partial charge in [0.05, 0.1) is 22.1 Å². The number of nitrogens with one attached hydrogen (secondary N) is 1. The van der Waals surface area contributed by atoms with E-state index in [1.807, 2.05) is 47.4 Å². The number of hydrogen-bond donors (Lipinski definition) is 2. The standard InChI is InChI=1S/C15H14ClN3O/c16-11-5-3-4-10(8-17)15(11)19-9-14(20)18-12-6-1-2-7-13(12)19/h1-7H,8-9,17H2,(H,18,20). The minimum Gasteiger partial charge on any atom is -0.329 e. The molecule has 20 heavy (non-hydrogen) atoms. The number of carbonyl (C=O) groups is 1. The molecule has 102 valence electrons. The SMILES string of the molecule is NCc1cccc(Cl)c1N1CC(=O)Nc2ccccc21. The largest absolute Gasteiger partial charge is 0.329 e. The van der Waals surface area contributed by atoms with Crippen molar-refractivity contribution in [3.05, 3.63) is 53.1 Å². The Bertz CT molecular complexity index is 672. The molecular weight excluding hydrogens is 274 g/mol. The van der Waals surface area contributed by atoms with Gasteiger partial charge in [-0.3, -0.25) is 4.79 Å². The first-order valence-corrected chi connectivity index (χ1v) is 6.72. The molecule has 0 unspecified atom stereocenters. The van der Waals surface area contributed by atoms with Gasteiger partial charge in [-0.15, -0.1) is 0 Å². The van der Waals surface area contributed by atoms with Crippen molar-refractivity contribution in [3.8, 4) is 0 Å². The quantitative estimate of drug-likeness (QED) is 0.893. The van der Waals surface area contributed by atoms with Gasteiger partial charge in [-0.25, -0.2) is 0 Å². The number of benzene rings is 2. The lowest BCUT2D eigenvalue weighted by atomic mass is 10.1. The second-order valence-corrected chi connectivity index (χ2v) is 5.01. The molecule has 3 N–H and O–H groups in total. The fourth-order valence-electron chi connectivity index (χ4n) is 2.46. The smallest absolute Gasteiger partial charge is 0.244 e. The predicted octanol–water partition coefficient (Wildman–Crippen LogP) is 2.89. The van der Waals surface area contributed by atoms with Crippen LogP contribution in [0.15, 0.2) is 42.5 Å². The molecule has 2 aromatic carbocycles. The molecule has 4 nitrogen and oxygen atoms in total. The van der Waals surface area contributed by atoms with E-state index in [9.17, 15) is 4.79 Å². The molecular formula is C15H14ClN3O. The number of carbonyl (C=O) groups excluding carboxylic acids is 1. The van der Waals surface area contributed by atoms with Crippen LogP contribution >= 0.6 is 11.6 Å². The maximum atomic E-state index is 11.9. The Morgan fingerprint density at radius 1 is 1.20 bits per heavy atom. The normalized spacial score (nSPS) is 13.9. The molecule has 5 heteroatoms. The van der Waals surface area contributed by atoms with Crippen molar-refractivity contribution in [1.82, 2.24) is 0 Å². The van der Waals surface area contributed by atoms with Gasteiger partial charge < -0.3 is 16.0 Å². The molecule has 1 amide bonds. The summed E-state index contributed by atoms with van der Waals surface area (Å²) in [7, 11) is 0. The van der Waals surface area contributed by atoms with Crippen molar-refractivity contribution < 1.29 is 4.79 Å². The summed E-state index contributed by atoms with van der Waals surface area (Å²) in [5.74, 6) is -0.0633. The Labute approximate surface area is 122 Å². The second kappa shape index (κ2) is 5.15. The van der Waals surface area contributed by atoms with E-state index in [0.29, 0.717) is 11.6 Å². The topological polar surface area (TPSA) is 58.4 Å². The molecule has 3 rings (SSSR count). The van der Waals surface area contributed by atoms with E-state index in [1.165, 1.54) is 0 Å². The van der Waals surface area contributed by atoms with Gasteiger partial charge >= 0.3 is 0 Å². The van der Waals surface area contributed by atoms with Crippen LogP contribution < -0.4 is 16.0 Å². The first kappa shape index (κ1) is 13.0. The first-order chi connectivity index (χ1) is 9.70. The third-order valence-corrected chi connectivity index (χ3v) is 3.64. The molecule has 0 atom stereocenters. The highest BCUT2D eigenvalue weighted by molar-refractivity contribution is 6.33. The Morgan fingerprint density at radius 2 is 2.00 bits per heavy atom. The Morgan fingerprint density at radius 3 is 2.80 bits per heavy atom. The fraction of sp³-hybridized carbons (Fsp3) is 0.133. The summed E-state index contributed by atoms with van der Waals surface area (Å²) < 4.78 is 0. The number of para-hydroxylation sites is 3. The highest BCUT2D eigenvalue weighted by Gasteiger charge is 2.25. The van der Waals surface area contributed by atoms with E-state index in [-0.39, 0.29) is 12.5 Å². The average molecular weight is 288 g/mol. The maximum Gasteiger partial charge on any atom is 0.244 e. The van der Waals surface area contributed by atoms with Crippen LogP contribution in [0.4, 0.5) is 17.1 Å². The lowest BCUT2D eigenvalue weighted by Gasteiger charge is -2.32. The number of fused-ring (bicyclic) bond motifs is 1. The molecule has 0 aromatic heterocycles. The molecule has 1 heterocycles. The van der Waals surface area contributed by atoms with E-state index < -0.39 is 0 Å². The second-order valence-electron chi connectivity index (χ2n) is 4.60. The number of nitrogens with zero attached hydrogens (tertiary/aromatic N) is 1. The van der Waals surface area contributed by atoms with Crippen molar-refractivity contribution in [1.29, 1.82) is 0 Å². The van der Waals surface area contributed by atoms with Gasteiger partial charge in [0.2, 0.25) is 5.91 Å². The molecule has 0 aliphatic carbocycles. The summed E-state index contributed by atoms with van der Waals surface area (Å²) >= 11 is 6.33. The summed E-state index contributed by atoms with van der Waals surface area (Å²) in [6.45, 7) is 0.601. The lowest BCUT2D eigenvalue weighted by molar-refractivity contribution is -0.115. The summed E-state index contributed by atoms with van der Waals surface area (Å²) in [5.41, 5.74) is 9.23. The van der Waals surface area contributed by atoms with Crippen LogP contribution in [0, 0.1) is 0 Å².